The van der Waals surface area contributed by atoms with Crippen LogP contribution in [0.2, 0.25) is 0 Å². The summed E-state index contributed by atoms with van der Waals surface area (Å²) in [4.78, 5) is 14.0. The maximum Gasteiger partial charge on any atom is 0.387 e. The lowest BCUT2D eigenvalue weighted by atomic mass is 10.1. The SMILES string of the molecule is CCC(C)C1=NC(=O)N=N1. The summed E-state index contributed by atoms with van der Waals surface area (Å²) in [6.45, 7) is 3.99. The van der Waals surface area contributed by atoms with E-state index in [1.165, 1.54) is 0 Å². The first-order chi connectivity index (χ1) is 4.74. The quantitative estimate of drug-likeness (QED) is 0.577. The van der Waals surface area contributed by atoms with Crippen molar-refractivity contribution in [2.45, 2.75) is 20.3 Å². The summed E-state index contributed by atoms with van der Waals surface area (Å²) in [7, 11) is 0. The molecule has 1 unspecified atom stereocenters. The minimum absolute atomic E-state index is 0.246. The Morgan fingerprint density at radius 1 is 1.50 bits per heavy atom. The van der Waals surface area contributed by atoms with E-state index in [0.717, 1.165) is 6.42 Å². The number of carbonyl (C=O) groups excluding carboxylic acids is 1. The van der Waals surface area contributed by atoms with Crippen LogP contribution < -0.4 is 0 Å². The van der Waals surface area contributed by atoms with Crippen LogP contribution in [0.4, 0.5) is 4.79 Å². The number of nitrogens with zero attached hydrogens (tertiary/aromatic N) is 3. The molecule has 0 aromatic heterocycles. The van der Waals surface area contributed by atoms with Crippen LogP contribution in [0.15, 0.2) is 15.2 Å². The normalized spacial score (nSPS) is 19.4. The number of aliphatic imine (C=N–C) groups is 1. The van der Waals surface area contributed by atoms with Gasteiger partial charge in [0.1, 0.15) is 0 Å². The predicted octanol–water partition coefficient (Wildman–Crippen LogP) is 2.02. The van der Waals surface area contributed by atoms with Crippen molar-refractivity contribution in [3.63, 3.8) is 0 Å². The smallest absolute Gasteiger partial charge is 0.242 e. The fourth-order valence-corrected chi connectivity index (χ4v) is 0.628. The second kappa shape index (κ2) is 2.68. The number of urea groups is 1. The van der Waals surface area contributed by atoms with Gasteiger partial charge in [-0.2, -0.15) is 4.99 Å². The van der Waals surface area contributed by atoms with Gasteiger partial charge in [0.05, 0.1) is 0 Å². The highest BCUT2D eigenvalue weighted by Gasteiger charge is 2.14. The lowest BCUT2D eigenvalue weighted by molar-refractivity contribution is 0.257. The molecule has 2 amide bonds. The number of carbonyl (C=O) groups is 1. The molecular formula is C6H9N3O. The van der Waals surface area contributed by atoms with Gasteiger partial charge in [0.15, 0.2) is 5.84 Å². The van der Waals surface area contributed by atoms with Crippen LogP contribution in [0.1, 0.15) is 20.3 Å². The van der Waals surface area contributed by atoms with Gasteiger partial charge in [-0.15, -0.1) is 5.11 Å². The van der Waals surface area contributed by atoms with Crippen molar-refractivity contribution in [1.29, 1.82) is 0 Å². The Bertz CT molecular complexity index is 207. The number of amidine groups is 1. The van der Waals surface area contributed by atoms with Gasteiger partial charge in [-0.1, -0.05) is 19.0 Å². The molecule has 1 aliphatic heterocycles. The first-order valence-corrected chi connectivity index (χ1v) is 3.28. The Morgan fingerprint density at radius 2 is 2.20 bits per heavy atom. The average Bonchev–Trinajstić information content (AvgIpc) is 2.34. The van der Waals surface area contributed by atoms with Crippen molar-refractivity contribution in [3.8, 4) is 0 Å². The summed E-state index contributed by atoms with van der Waals surface area (Å²) >= 11 is 0. The minimum atomic E-state index is -0.477. The highest BCUT2D eigenvalue weighted by molar-refractivity contribution is 5.99. The van der Waals surface area contributed by atoms with E-state index in [2.05, 4.69) is 15.2 Å². The van der Waals surface area contributed by atoms with Crippen LogP contribution in [0.3, 0.4) is 0 Å². The number of rotatable bonds is 2. The number of azo groups is 1. The Hall–Kier alpha value is -1.06. The van der Waals surface area contributed by atoms with Crippen molar-refractivity contribution in [2.75, 3.05) is 0 Å². The summed E-state index contributed by atoms with van der Waals surface area (Å²) in [5.74, 6) is 0.808. The Kier molecular flexibility index (Phi) is 1.89. The highest BCUT2D eigenvalue weighted by Crippen LogP contribution is 2.10. The minimum Gasteiger partial charge on any atom is -0.242 e. The lowest BCUT2D eigenvalue weighted by Crippen LogP contribution is -2.04. The largest absolute Gasteiger partial charge is 0.387 e. The molecule has 1 aliphatic rings. The molecule has 0 N–H and O–H groups in total. The van der Waals surface area contributed by atoms with Crippen LogP contribution in [0.5, 0.6) is 0 Å². The van der Waals surface area contributed by atoms with Gasteiger partial charge in [0.25, 0.3) is 0 Å². The van der Waals surface area contributed by atoms with Crippen molar-refractivity contribution in [1.82, 2.24) is 0 Å². The molecule has 0 aliphatic carbocycles. The molecule has 4 heteroatoms. The van der Waals surface area contributed by atoms with Crippen molar-refractivity contribution in [2.24, 2.45) is 21.1 Å². The second-order valence-electron chi connectivity index (χ2n) is 2.26. The molecule has 54 valence electrons. The molecule has 0 aromatic carbocycles. The third-order valence-corrected chi connectivity index (χ3v) is 1.50. The Labute approximate surface area is 59.1 Å². The van der Waals surface area contributed by atoms with E-state index in [1.54, 1.807) is 0 Å². The summed E-state index contributed by atoms with van der Waals surface area (Å²) in [6.07, 6.45) is 0.936. The van der Waals surface area contributed by atoms with Crippen molar-refractivity contribution < 1.29 is 4.79 Å². The molecule has 1 atom stereocenters. The molecule has 10 heavy (non-hydrogen) atoms. The maximum absolute atomic E-state index is 10.4. The molecule has 0 spiro atoms. The van der Waals surface area contributed by atoms with E-state index < -0.39 is 6.03 Å². The van der Waals surface area contributed by atoms with E-state index >= 15 is 0 Å². The van der Waals surface area contributed by atoms with E-state index in [1.807, 2.05) is 13.8 Å². The van der Waals surface area contributed by atoms with E-state index in [0.29, 0.717) is 5.84 Å². The Morgan fingerprint density at radius 3 is 2.60 bits per heavy atom. The molecule has 0 fully saturated rings. The van der Waals surface area contributed by atoms with E-state index in [-0.39, 0.29) is 5.92 Å². The summed E-state index contributed by atoms with van der Waals surface area (Å²) in [5.41, 5.74) is 0. The van der Waals surface area contributed by atoms with E-state index in [9.17, 15) is 4.79 Å². The zero-order valence-corrected chi connectivity index (χ0v) is 6.03. The zero-order valence-electron chi connectivity index (χ0n) is 6.03. The summed E-state index contributed by atoms with van der Waals surface area (Å²) in [5, 5.41) is 6.88. The molecular weight excluding hydrogens is 130 g/mol. The molecule has 4 nitrogen and oxygen atoms in total. The number of hydrogen-bond donors (Lipinski definition) is 0. The van der Waals surface area contributed by atoms with Crippen molar-refractivity contribution in [3.05, 3.63) is 0 Å². The maximum atomic E-state index is 10.4. The molecule has 0 radical (unpaired) electrons. The van der Waals surface area contributed by atoms with Crippen LogP contribution in [0.25, 0.3) is 0 Å². The third kappa shape index (κ3) is 1.26. The van der Waals surface area contributed by atoms with Gasteiger partial charge >= 0.3 is 6.03 Å². The molecule has 0 saturated carbocycles. The topological polar surface area (TPSA) is 54.1 Å². The van der Waals surface area contributed by atoms with Crippen molar-refractivity contribution >= 4 is 11.9 Å². The Balaban J connectivity index is 2.67. The number of hydrogen-bond acceptors (Lipinski definition) is 2. The third-order valence-electron chi connectivity index (χ3n) is 1.50. The molecule has 1 heterocycles. The number of amides is 2. The second-order valence-corrected chi connectivity index (χ2v) is 2.26. The fraction of sp³-hybridized carbons (Fsp3) is 0.667. The molecule has 0 aromatic rings. The lowest BCUT2D eigenvalue weighted by Gasteiger charge is -2.00. The summed E-state index contributed by atoms with van der Waals surface area (Å²) in [6, 6.07) is -0.477. The van der Waals surface area contributed by atoms with Crippen LogP contribution in [-0.4, -0.2) is 11.9 Å². The van der Waals surface area contributed by atoms with E-state index in [4.69, 9.17) is 0 Å². The van der Waals surface area contributed by atoms with Gasteiger partial charge in [-0.05, 0) is 6.42 Å². The van der Waals surface area contributed by atoms with Gasteiger partial charge in [-0.25, -0.2) is 4.79 Å². The van der Waals surface area contributed by atoms with Gasteiger partial charge < -0.3 is 0 Å². The van der Waals surface area contributed by atoms with Crippen LogP contribution in [-0.2, 0) is 0 Å². The van der Waals surface area contributed by atoms with Gasteiger partial charge in [0.2, 0.25) is 0 Å². The monoisotopic (exact) mass is 139 g/mol. The van der Waals surface area contributed by atoms with Crippen LogP contribution >= 0.6 is 0 Å². The van der Waals surface area contributed by atoms with Gasteiger partial charge in [0, 0.05) is 5.92 Å². The average molecular weight is 139 g/mol. The molecule has 1 rings (SSSR count). The van der Waals surface area contributed by atoms with Crippen LogP contribution in [0, 0.1) is 5.92 Å². The molecule has 0 saturated heterocycles. The first kappa shape index (κ1) is 7.05. The van der Waals surface area contributed by atoms with Gasteiger partial charge in [-0.3, -0.25) is 0 Å². The standard InChI is InChI=1S/C6H9N3O/c1-3-4(2)5-7-6(10)9-8-5/h4H,3H2,1-2H3. The fourth-order valence-electron chi connectivity index (χ4n) is 0.628. The summed E-state index contributed by atoms with van der Waals surface area (Å²) < 4.78 is 0. The highest BCUT2D eigenvalue weighted by atomic mass is 16.2. The predicted molar refractivity (Wildman–Crippen MR) is 37.1 cm³/mol. The molecule has 0 bridgehead atoms. The zero-order chi connectivity index (χ0) is 7.56. The first-order valence-electron chi connectivity index (χ1n) is 3.28.